The van der Waals surface area contributed by atoms with Crippen molar-refractivity contribution in [3.63, 3.8) is 0 Å². The number of likely N-dealkylation sites (tertiary alicyclic amines) is 1. The van der Waals surface area contributed by atoms with E-state index < -0.39 is 5.60 Å². The van der Waals surface area contributed by atoms with Crippen molar-refractivity contribution in [1.82, 2.24) is 15.0 Å². The lowest BCUT2D eigenvalue weighted by Gasteiger charge is -2.38. The quantitative estimate of drug-likeness (QED) is 0.793. The van der Waals surface area contributed by atoms with Crippen molar-refractivity contribution in [2.24, 2.45) is 0 Å². The Bertz CT molecular complexity index is 809. The number of aromatic nitrogens is 2. The summed E-state index contributed by atoms with van der Waals surface area (Å²) in [6.07, 6.45) is 4.95. The summed E-state index contributed by atoms with van der Waals surface area (Å²) < 4.78 is 5.48. The third-order valence-electron chi connectivity index (χ3n) is 4.91. The Balaban J connectivity index is 1.39. The average molecular weight is 335 g/mol. The lowest BCUT2D eigenvalue weighted by molar-refractivity contribution is -0.0292. The summed E-state index contributed by atoms with van der Waals surface area (Å²) >= 11 is 0. The molecule has 0 unspecified atom stereocenters. The Hall–Kier alpha value is -2.50. The van der Waals surface area contributed by atoms with E-state index in [9.17, 15) is 5.11 Å². The highest BCUT2D eigenvalue weighted by Crippen LogP contribution is 2.33. The number of piperidine rings is 1. The minimum absolute atomic E-state index is 0.711. The van der Waals surface area contributed by atoms with E-state index in [0.29, 0.717) is 6.54 Å². The van der Waals surface area contributed by atoms with E-state index in [1.54, 1.807) is 12.4 Å². The molecule has 0 radical (unpaired) electrons. The number of pyridine rings is 1. The number of nitrogens with zero attached hydrogens (tertiary/aromatic N) is 3. The highest BCUT2D eigenvalue weighted by atomic mass is 16.5. The molecule has 1 N–H and O–H groups in total. The van der Waals surface area contributed by atoms with Gasteiger partial charge in [0.05, 0.1) is 12.1 Å². The molecule has 0 spiro atoms. The first-order valence-corrected chi connectivity index (χ1v) is 8.59. The zero-order chi connectivity index (χ0) is 17.1. The normalized spacial score (nSPS) is 17.5. The fourth-order valence-electron chi connectivity index (χ4n) is 3.38. The second-order valence-electron chi connectivity index (χ2n) is 6.59. The number of hydrogen-bond donors (Lipinski definition) is 1. The van der Waals surface area contributed by atoms with E-state index in [-0.39, 0.29) is 0 Å². The molecule has 0 bridgehead atoms. The van der Waals surface area contributed by atoms with Crippen LogP contribution in [-0.4, -0.2) is 33.2 Å². The van der Waals surface area contributed by atoms with E-state index in [4.69, 9.17) is 4.52 Å². The third kappa shape index (κ3) is 3.48. The van der Waals surface area contributed by atoms with Crippen LogP contribution in [0.3, 0.4) is 0 Å². The summed E-state index contributed by atoms with van der Waals surface area (Å²) in [5.41, 5.74) is 2.12. The molecular formula is C20H21N3O2. The maximum atomic E-state index is 10.9. The van der Waals surface area contributed by atoms with Crippen LogP contribution in [0.5, 0.6) is 0 Å². The largest absolute Gasteiger partial charge is 0.385 e. The lowest BCUT2D eigenvalue weighted by Crippen LogP contribution is -2.42. The highest BCUT2D eigenvalue weighted by Gasteiger charge is 2.34. The predicted molar refractivity (Wildman–Crippen MR) is 94.6 cm³/mol. The van der Waals surface area contributed by atoms with Crippen molar-refractivity contribution in [2.75, 3.05) is 13.1 Å². The van der Waals surface area contributed by atoms with Crippen LogP contribution < -0.4 is 0 Å². The standard InChI is InChI=1S/C20H21N3O2/c24-20(17-4-2-1-3-5-17)8-12-23(13-9-20)15-18-14-19(22-25-18)16-6-10-21-11-7-16/h1-7,10-11,14,24H,8-9,12-13,15H2. The first-order chi connectivity index (χ1) is 12.2. The van der Waals surface area contributed by atoms with E-state index in [1.807, 2.05) is 48.5 Å². The monoisotopic (exact) mass is 335 g/mol. The van der Waals surface area contributed by atoms with Gasteiger partial charge < -0.3 is 9.63 Å². The minimum atomic E-state index is -0.721. The Labute approximate surface area is 146 Å². The van der Waals surface area contributed by atoms with Gasteiger partial charge in [-0.25, -0.2) is 0 Å². The molecule has 1 aliphatic heterocycles. The van der Waals surface area contributed by atoms with Crippen LogP contribution in [0.15, 0.2) is 65.4 Å². The molecule has 25 heavy (non-hydrogen) atoms. The van der Waals surface area contributed by atoms with E-state index in [2.05, 4.69) is 15.0 Å². The van der Waals surface area contributed by atoms with Crippen molar-refractivity contribution in [3.05, 3.63) is 72.2 Å². The number of rotatable bonds is 4. The molecule has 0 amide bonds. The van der Waals surface area contributed by atoms with Crippen LogP contribution in [-0.2, 0) is 12.1 Å². The summed E-state index contributed by atoms with van der Waals surface area (Å²) in [5.74, 6) is 0.844. The fourth-order valence-corrected chi connectivity index (χ4v) is 3.38. The first kappa shape index (κ1) is 16.0. The topological polar surface area (TPSA) is 62.4 Å². The van der Waals surface area contributed by atoms with Crippen molar-refractivity contribution in [3.8, 4) is 11.3 Å². The molecule has 1 aromatic carbocycles. The van der Waals surface area contributed by atoms with Gasteiger partial charge in [-0.1, -0.05) is 35.5 Å². The Morgan fingerprint density at radius 1 is 1.04 bits per heavy atom. The van der Waals surface area contributed by atoms with Crippen LogP contribution in [0, 0.1) is 0 Å². The smallest absolute Gasteiger partial charge is 0.151 e. The second kappa shape index (κ2) is 6.78. The van der Waals surface area contributed by atoms with Crippen molar-refractivity contribution in [1.29, 1.82) is 0 Å². The SMILES string of the molecule is OC1(c2ccccc2)CCN(Cc2cc(-c3ccncc3)no2)CC1. The van der Waals surface area contributed by atoms with Crippen LogP contribution in [0.4, 0.5) is 0 Å². The molecule has 0 atom stereocenters. The third-order valence-corrected chi connectivity index (χ3v) is 4.91. The molecule has 3 heterocycles. The lowest BCUT2D eigenvalue weighted by atomic mass is 9.84. The zero-order valence-electron chi connectivity index (χ0n) is 14.0. The van der Waals surface area contributed by atoms with Gasteiger partial charge in [0.2, 0.25) is 0 Å². The summed E-state index contributed by atoms with van der Waals surface area (Å²) in [5, 5.41) is 15.1. The van der Waals surface area contributed by atoms with Crippen molar-refractivity contribution in [2.45, 2.75) is 25.0 Å². The average Bonchev–Trinajstić information content (AvgIpc) is 3.14. The van der Waals surface area contributed by atoms with Gasteiger partial charge in [-0.15, -0.1) is 0 Å². The Morgan fingerprint density at radius 3 is 2.48 bits per heavy atom. The predicted octanol–water partition coefficient (Wildman–Crippen LogP) is 3.22. The Morgan fingerprint density at radius 2 is 1.76 bits per heavy atom. The van der Waals surface area contributed by atoms with E-state index in [0.717, 1.165) is 48.5 Å². The van der Waals surface area contributed by atoms with Crippen molar-refractivity contribution < 1.29 is 9.63 Å². The molecule has 4 rings (SSSR count). The molecule has 2 aromatic heterocycles. The van der Waals surface area contributed by atoms with Gasteiger partial charge >= 0.3 is 0 Å². The molecule has 1 fully saturated rings. The fraction of sp³-hybridized carbons (Fsp3) is 0.300. The van der Waals surface area contributed by atoms with Gasteiger partial charge in [0, 0.05) is 37.1 Å². The van der Waals surface area contributed by atoms with Gasteiger partial charge in [-0.05, 0) is 30.5 Å². The molecular weight excluding hydrogens is 314 g/mol. The molecule has 0 saturated carbocycles. The first-order valence-electron chi connectivity index (χ1n) is 8.59. The molecule has 5 heteroatoms. The highest BCUT2D eigenvalue weighted by molar-refractivity contribution is 5.57. The Kier molecular flexibility index (Phi) is 4.34. The minimum Gasteiger partial charge on any atom is -0.385 e. The van der Waals surface area contributed by atoms with Gasteiger partial charge in [0.1, 0.15) is 5.69 Å². The maximum Gasteiger partial charge on any atom is 0.151 e. The number of benzene rings is 1. The van der Waals surface area contributed by atoms with Crippen LogP contribution in [0.2, 0.25) is 0 Å². The maximum absolute atomic E-state index is 10.9. The van der Waals surface area contributed by atoms with E-state index >= 15 is 0 Å². The summed E-state index contributed by atoms with van der Waals surface area (Å²) in [4.78, 5) is 6.32. The molecule has 1 aliphatic rings. The van der Waals surface area contributed by atoms with Crippen LogP contribution in [0.1, 0.15) is 24.2 Å². The summed E-state index contributed by atoms with van der Waals surface area (Å²) in [7, 11) is 0. The number of hydrogen-bond acceptors (Lipinski definition) is 5. The van der Waals surface area contributed by atoms with Crippen LogP contribution >= 0.6 is 0 Å². The van der Waals surface area contributed by atoms with E-state index in [1.165, 1.54) is 0 Å². The summed E-state index contributed by atoms with van der Waals surface area (Å²) in [6.45, 7) is 2.37. The molecule has 0 aliphatic carbocycles. The zero-order valence-corrected chi connectivity index (χ0v) is 14.0. The van der Waals surface area contributed by atoms with Gasteiger partial charge in [0.25, 0.3) is 0 Å². The van der Waals surface area contributed by atoms with Gasteiger partial charge in [0.15, 0.2) is 5.76 Å². The summed E-state index contributed by atoms with van der Waals surface area (Å²) in [6, 6.07) is 15.8. The van der Waals surface area contributed by atoms with Gasteiger partial charge in [-0.3, -0.25) is 9.88 Å². The van der Waals surface area contributed by atoms with Gasteiger partial charge in [-0.2, -0.15) is 0 Å². The second-order valence-corrected chi connectivity index (χ2v) is 6.59. The number of aliphatic hydroxyl groups is 1. The van der Waals surface area contributed by atoms with Crippen molar-refractivity contribution >= 4 is 0 Å². The molecule has 5 nitrogen and oxygen atoms in total. The molecule has 128 valence electrons. The molecule has 1 saturated heterocycles. The molecule has 3 aromatic rings. The van der Waals surface area contributed by atoms with Crippen LogP contribution in [0.25, 0.3) is 11.3 Å².